The molecule has 1 nitrogen and oxygen atoms in total. The van der Waals surface area contributed by atoms with Crippen LogP contribution in [0.5, 0.6) is 0 Å². The summed E-state index contributed by atoms with van der Waals surface area (Å²) in [5.74, 6) is 0. The third-order valence-electron chi connectivity index (χ3n) is 7.74. The quantitative estimate of drug-likeness (QED) is 0.0995. The smallest absolute Gasteiger partial charge is 0.105 e. The fourth-order valence-corrected chi connectivity index (χ4v) is 5.49. The van der Waals surface area contributed by atoms with Crippen LogP contribution in [0, 0.1) is 0 Å². The predicted molar refractivity (Wildman–Crippen MR) is 155 cm³/mol. The van der Waals surface area contributed by atoms with Gasteiger partial charge in [-0.15, -0.1) is 0 Å². The fourth-order valence-electron chi connectivity index (χ4n) is 5.49. The zero-order valence-corrected chi connectivity index (χ0v) is 24.7. The summed E-state index contributed by atoms with van der Waals surface area (Å²) in [4.78, 5) is 0. The molecule has 0 saturated carbocycles. The van der Waals surface area contributed by atoms with Crippen molar-refractivity contribution < 1.29 is 16.9 Å². The molecule has 0 heterocycles. The summed E-state index contributed by atoms with van der Waals surface area (Å²) in [6.45, 7) is 16.4. The van der Waals surface area contributed by atoms with Gasteiger partial charge in [-0.05, 0) is 44.1 Å². The van der Waals surface area contributed by atoms with Gasteiger partial charge in [0.25, 0.3) is 0 Å². The van der Waals surface area contributed by atoms with Crippen LogP contribution < -0.4 is 12.4 Å². The topological polar surface area (TPSA) is 0 Å². The first-order valence-corrected chi connectivity index (χ1v) is 15.3. The van der Waals surface area contributed by atoms with Crippen molar-refractivity contribution >= 4 is 6.08 Å². The van der Waals surface area contributed by atoms with E-state index in [4.69, 9.17) is 0 Å². The summed E-state index contributed by atoms with van der Waals surface area (Å²) in [6.07, 6.45) is 27.3. The second-order valence-electron chi connectivity index (χ2n) is 10.9. The van der Waals surface area contributed by atoms with Gasteiger partial charge in [0.1, 0.15) is 6.54 Å². The molecule has 0 fully saturated rings. The van der Waals surface area contributed by atoms with Crippen molar-refractivity contribution in [2.75, 3.05) is 19.6 Å². The fraction of sp³-hybridized carbons (Fsp3) is 0.758. The third-order valence-corrected chi connectivity index (χ3v) is 7.74. The lowest BCUT2D eigenvalue weighted by Gasteiger charge is -2.40. The van der Waals surface area contributed by atoms with Crippen molar-refractivity contribution in [2.24, 2.45) is 0 Å². The Labute approximate surface area is 227 Å². The van der Waals surface area contributed by atoms with Gasteiger partial charge >= 0.3 is 0 Å². The third kappa shape index (κ3) is 16.6. The number of unbranched alkanes of at least 4 members (excludes halogenated alkanes) is 15. The molecule has 0 bridgehead atoms. The van der Waals surface area contributed by atoms with E-state index in [1.165, 1.54) is 157 Å². The van der Waals surface area contributed by atoms with Gasteiger partial charge in [0, 0.05) is 5.56 Å². The van der Waals surface area contributed by atoms with Crippen LogP contribution in [0.15, 0.2) is 30.8 Å². The summed E-state index contributed by atoms with van der Waals surface area (Å²) in [7, 11) is 0. The zero-order valence-electron chi connectivity index (χ0n) is 24.0. The van der Waals surface area contributed by atoms with Gasteiger partial charge in [0.05, 0.1) is 19.6 Å². The molecule has 0 unspecified atom stereocenters. The highest BCUT2D eigenvalue weighted by Crippen LogP contribution is 2.24. The molecule has 0 N–H and O–H groups in total. The summed E-state index contributed by atoms with van der Waals surface area (Å²) in [6, 6.07) is 9.03. The second-order valence-corrected chi connectivity index (χ2v) is 10.9. The van der Waals surface area contributed by atoms with Crippen LogP contribution in [-0.4, -0.2) is 24.1 Å². The van der Waals surface area contributed by atoms with Gasteiger partial charge in [-0.2, -0.15) is 0 Å². The molecule has 2 heteroatoms. The van der Waals surface area contributed by atoms with Crippen LogP contribution in [0.2, 0.25) is 0 Å². The maximum Gasteiger partial charge on any atom is 0.105 e. The van der Waals surface area contributed by atoms with Gasteiger partial charge in [-0.3, -0.25) is 0 Å². The largest absolute Gasteiger partial charge is 1.00 e. The number of hydrogen-bond acceptors (Lipinski definition) is 0. The van der Waals surface area contributed by atoms with Gasteiger partial charge in [0.15, 0.2) is 0 Å². The second kappa shape index (κ2) is 23.6. The summed E-state index contributed by atoms with van der Waals surface area (Å²) < 4.78 is 1.31. The Bertz CT molecular complexity index is 556. The number of benzene rings is 1. The molecule has 0 aliphatic carbocycles. The minimum Gasteiger partial charge on any atom is -1.00 e. The van der Waals surface area contributed by atoms with E-state index in [2.05, 4.69) is 57.7 Å². The first-order valence-electron chi connectivity index (χ1n) is 15.3. The Morgan fingerprint density at radius 3 is 1.34 bits per heavy atom. The molecule has 0 amide bonds. The Morgan fingerprint density at radius 2 is 0.943 bits per heavy atom. The van der Waals surface area contributed by atoms with Crippen LogP contribution in [0.25, 0.3) is 6.08 Å². The Balaban J connectivity index is 0.0000116. The molecule has 0 atom stereocenters. The SMILES string of the molecule is C=Cc1ccccc1C[N+](CCCCCCCC)(CCCCCCCC)CCCCCCCC.[Cl-]. The lowest BCUT2D eigenvalue weighted by atomic mass is 10.0. The van der Waals surface area contributed by atoms with Gasteiger partial charge in [-0.1, -0.05) is 135 Å². The summed E-state index contributed by atoms with van der Waals surface area (Å²) >= 11 is 0. The maximum atomic E-state index is 4.13. The summed E-state index contributed by atoms with van der Waals surface area (Å²) in [5, 5.41) is 0. The summed E-state index contributed by atoms with van der Waals surface area (Å²) in [5.41, 5.74) is 2.86. The van der Waals surface area contributed by atoms with Crippen molar-refractivity contribution in [1.29, 1.82) is 0 Å². The van der Waals surface area contributed by atoms with E-state index in [0.29, 0.717) is 0 Å². The first-order chi connectivity index (χ1) is 16.7. The molecule has 0 aliphatic heterocycles. The van der Waals surface area contributed by atoms with Crippen molar-refractivity contribution in [3.05, 3.63) is 42.0 Å². The standard InChI is InChI=1S/C33H60N.ClH/c1-5-9-12-15-18-23-28-34(29-24-19-16-13-10-6-2,30-25-20-17-14-11-7-3)31-33-27-22-21-26-32(33)8-4;/h8,21-22,26-27H,4-7,9-20,23-25,28-31H2,1-3H3;1H/q+1;/p-1. The maximum absolute atomic E-state index is 4.13. The minimum absolute atomic E-state index is 0. The minimum atomic E-state index is 0. The van der Waals surface area contributed by atoms with E-state index in [1.807, 2.05) is 0 Å². The molecule has 1 rings (SSSR count). The van der Waals surface area contributed by atoms with E-state index in [0.717, 1.165) is 0 Å². The molecule has 1 aromatic rings. The van der Waals surface area contributed by atoms with E-state index < -0.39 is 0 Å². The van der Waals surface area contributed by atoms with Crippen LogP contribution in [0.1, 0.15) is 147 Å². The first kappa shape index (κ1) is 34.2. The Hall–Kier alpha value is -0.790. The lowest BCUT2D eigenvalue weighted by Crippen LogP contribution is -3.00. The normalized spacial score (nSPS) is 11.4. The highest BCUT2D eigenvalue weighted by molar-refractivity contribution is 5.51. The molecule has 35 heavy (non-hydrogen) atoms. The average molecular weight is 506 g/mol. The highest BCUT2D eigenvalue weighted by atomic mass is 35.5. The van der Waals surface area contributed by atoms with Crippen LogP contribution >= 0.6 is 0 Å². The van der Waals surface area contributed by atoms with E-state index in [9.17, 15) is 0 Å². The monoisotopic (exact) mass is 505 g/mol. The molecule has 1 aromatic carbocycles. The zero-order chi connectivity index (χ0) is 24.7. The number of nitrogens with zero attached hydrogens (tertiary/aromatic N) is 1. The Morgan fingerprint density at radius 1 is 0.571 bits per heavy atom. The van der Waals surface area contributed by atoms with Crippen molar-refractivity contribution in [2.45, 2.75) is 143 Å². The van der Waals surface area contributed by atoms with Crippen LogP contribution in [0.4, 0.5) is 0 Å². The number of quaternary nitrogens is 1. The van der Waals surface area contributed by atoms with E-state index >= 15 is 0 Å². The lowest BCUT2D eigenvalue weighted by molar-refractivity contribution is -0.941. The van der Waals surface area contributed by atoms with Crippen molar-refractivity contribution in [3.8, 4) is 0 Å². The van der Waals surface area contributed by atoms with Gasteiger partial charge < -0.3 is 16.9 Å². The number of rotatable bonds is 24. The molecular formula is C33H60ClN. The molecule has 0 aliphatic rings. The molecule has 0 radical (unpaired) electrons. The predicted octanol–water partition coefficient (Wildman–Crippen LogP) is 7.73. The average Bonchev–Trinajstić information content (AvgIpc) is 2.86. The van der Waals surface area contributed by atoms with Crippen molar-refractivity contribution in [3.63, 3.8) is 0 Å². The van der Waals surface area contributed by atoms with Crippen LogP contribution in [0.3, 0.4) is 0 Å². The van der Waals surface area contributed by atoms with Crippen molar-refractivity contribution in [1.82, 2.24) is 0 Å². The number of hydrogen-bond donors (Lipinski definition) is 0. The van der Waals surface area contributed by atoms with Gasteiger partial charge in [-0.25, -0.2) is 0 Å². The highest BCUT2D eigenvalue weighted by Gasteiger charge is 2.27. The molecule has 0 aromatic heterocycles. The molecular weight excluding hydrogens is 446 g/mol. The van der Waals surface area contributed by atoms with E-state index in [-0.39, 0.29) is 12.4 Å². The number of halogens is 1. The Kier molecular flexibility index (Phi) is 23.1. The van der Waals surface area contributed by atoms with Crippen LogP contribution in [-0.2, 0) is 6.54 Å². The molecule has 0 saturated heterocycles. The van der Waals surface area contributed by atoms with Gasteiger partial charge in [0.2, 0.25) is 0 Å². The molecule has 0 spiro atoms. The molecule has 204 valence electrons. The van der Waals surface area contributed by atoms with E-state index in [1.54, 1.807) is 0 Å².